The molecule has 36 heavy (non-hydrogen) atoms. The van der Waals surface area contributed by atoms with Gasteiger partial charge in [0.15, 0.2) is 0 Å². The van der Waals surface area contributed by atoms with Crippen molar-refractivity contribution in [3.63, 3.8) is 0 Å². The quantitative estimate of drug-likeness (QED) is 0.269. The number of ether oxygens (including phenoxy) is 2. The van der Waals surface area contributed by atoms with Crippen LogP contribution in [0, 0.1) is 5.92 Å². The number of amides is 2. The van der Waals surface area contributed by atoms with Crippen molar-refractivity contribution in [2.24, 2.45) is 11.0 Å². The summed E-state index contributed by atoms with van der Waals surface area (Å²) in [6.45, 7) is 3.99. The van der Waals surface area contributed by atoms with Gasteiger partial charge in [-0.1, -0.05) is 43.1 Å². The number of rotatable bonds is 10. The molecule has 3 rings (SSSR count). The molecule has 0 aliphatic rings. The van der Waals surface area contributed by atoms with E-state index >= 15 is 0 Å². The highest BCUT2D eigenvalue weighted by Gasteiger charge is 2.24. The highest BCUT2D eigenvalue weighted by molar-refractivity contribution is 6.35. The molecule has 9 heteroatoms. The number of carbonyl (C=O) groups is 2. The zero-order valence-corrected chi connectivity index (χ0v) is 21.6. The van der Waals surface area contributed by atoms with Crippen LogP contribution in [0.2, 0.25) is 10.0 Å². The molecule has 0 aromatic heterocycles. The number of nitrogens with one attached hydrogen (secondary N) is 2. The first-order valence-corrected chi connectivity index (χ1v) is 12.0. The average Bonchev–Trinajstić information content (AvgIpc) is 2.87. The van der Waals surface area contributed by atoms with Crippen molar-refractivity contribution in [2.75, 3.05) is 7.11 Å². The van der Waals surface area contributed by atoms with E-state index in [-0.39, 0.29) is 11.8 Å². The molecule has 0 saturated carbocycles. The highest BCUT2D eigenvalue weighted by Crippen LogP contribution is 2.23. The molecule has 0 spiro atoms. The maximum atomic E-state index is 12.7. The van der Waals surface area contributed by atoms with Crippen molar-refractivity contribution < 1.29 is 19.1 Å². The lowest BCUT2D eigenvalue weighted by Crippen LogP contribution is -2.48. The lowest BCUT2D eigenvalue weighted by molar-refractivity contribution is -0.123. The minimum absolute atomic E-state index is 0.145. The lowest BCUT2D eigenvalue weighted by atomic mass is 10.0. The number of hydrazone groups is 1. The number of halogens is 2. The zero-order valence-electron chi connectivity index (χ0n) is 20.1. The second-order valence-electron chi connectivity index (χ2n) is 8.25. The Labute approximate surface area is 220 Å². The molecule has 0 bridgehead atoms. The largest absolute Gasteiger partial charge is 0.497 e. The maximum absolute atomic E-state index is 12.7. The first kappa shape index (κ1) is 27.0. The van der Waals surface area contributed by atoms with Crippen LogP contribution in [0.4, 0.5) is 0 Å². The Bertz CT molecular complexity index is 1210. The van der Waals surface area contributed by atoms with E-state index in [0.29, 0.717) is 33.7 Å². The molecule has 188 valence electrons. The van der Waals surface area contributed by atoms with Crippen LogP contribution in [0.5, 0.6) is 11.5 Å². The molecule has 0 fully saturated rings. The summed E-state index contributed by atoms with van der Waals surface area (Å²) in [6, 6.07) is 18.3. The summed E-state index contributed by atoms with van der Waals surface area (Å²) >= 11 is 12.1. The van der Waals surface area contributed by atoms with Crippen molar-refractivity contribution >= 4 is 41.2 Å². The topological polar surface area (TPSA) is 89.0 Å². The van der Waals surface area contributed by atoms with Crippen LogP contribution in [0.3, 0.4) is 0 Å². The summed E-state index contributed by atoms with van der Waals surface area (Å²) in [5.41, 5.74) is 4.51. The van der Waals surface area contributed by atoms with Gasteiger partial charge in [0.2, 0.25) is 0 Å². The fourth-order valence-electron chi connectivity index (χ4n) is 3.19. The van der Waals surface area contributed by atoms with Gasteiger partial charge in [-0.15, -0.1) is 0 Å². The van der Waals surface area contributed by atoms with Crippen LogP contribution in [-0.4, -0.2) is 31.2 Å². The van der Waals surface area contributed by atoms with E-state index in [1.54, 1.807) is 67.8 Å². The van der Waals surface area contributed by atoms with E-state index in [9.17, 15) is 9.59 Å². The summed E-state index contributed by atoms with van der Waals surface area (Å²) in [6.07, 6.45) is 1.51. The van der Waals surface area contributed by atoms with Crippen molar-refractivity contribution in [2.45, 2.75) is 26.5 Å². The fourth-order valence-corrected chi connectivity index (χ4v) is 3.65. The Morgan fingerprint density at radius 1 is 0.972 bits per heavy atom. The minimum atomic E-state index is -0.757. The summed E-state index contributed by atoms with van der Waals surface area (Å²) < 4.78 is 10.9. The summed E-state index contributed by atoms with van der Waals surface area (Å²) in [5, 5.41) is 7.90. The van der Waals surface area contributed by atoms with Gasteiger partial charge in [-0.3, -0.25) is 9.59 Å². The first-order chi connectivity index (χ1) is 17.3. The van der Waals surface area contributed by atoms with Crippen LogP contribution in [0.1, 0.15) is 35.3 Å². The average molecular weight is 528 g/mol. The van der Waals surface area contributed by atoms with Gasteiger partial charge in [0.1, 0.15) is 24.1 Å². The monoisotopic (exact) mass is 527 g/mol. The van der Waals surface area contributed by atoms with Crippen LogP contribution in [0.15, 0.2) is 71.8 Å². The van der Waals surface area contributed by atoms with Gasteiger partial charge in [0.05, 0.1) is 13.3 Å². The maximum Gasteiger partial charge on any atom is 0.262 e. The molecule has 2 N–H and O–H groups in total. The first-order valence-electron chi connectivity index (χ1n) is 11.2. The van der Waals surface area contributed by atoms with E-state index in [2.05, 4.69) is 15.8 Å². The molecule has 0 saturated heterocycles. The van der Waals surface area contributed by atoms with Crippen molar-refractivity contribution in [3.05, 3.63) is 93.5 Å². The van der Waals surface area contributed by atoms with Gasteiger partial charge in [-0.05, 0) is 72.1 Å². The Morgan fingerprint density at radius 3 is 2.25 bits per heavy atom. The molecule has 2 amide bonds. The molecule has 3 aromatic carbocycles. The predicted molar refractivity (Wildman–Crippen MR) is 142 cm³/mol. The molecule has 0 aliphatic carbocycles. The van der Waals surface area contributed by atoms with Crippen LogP contribution < -0.4 is 20.2 Å². The number of nitrogens with zero attached hydrogens (tertiary/aromatic N) is 1. The van der Waals surface area contributed by atoms with Gasteiger partial charge in [-0.2, -0.15) is 5.10 Å². The van der Waals surface area contributed by atoms with E-state index in [4.69, 9.17) is 32.7 Å². The Kier molecular flexibility index (Phi) is 9.73. The van der Waals surface area contributed by atoms with E-state index in [1.165, 1.54) is 6.21 Å². The van der Waals surface area contributed by atoms with Gasteiger partial charge in [0.25, 0.3) is 11.8 Å². The SMILES string of the molecule is COc1ccc(C(=O)NC(C(=O)NN=Cc2ccc(OCc3ccc(Cl)cc3Cl)cc2)C(C)C)cc1. The smallest absolute Gasteiger partial charge is 0.262 e. The second kappa shape index (κ2) is 13.0. The third-order valence-electron chi connectivity index (χ3n) is 5.27. The molecule has 7 nitrogen and oxygen atoms in total. The molecule has 1 unspecified atom stereocenters. The molecule has 1 atom stereocenters. The summed E-state index contributed by atoms with van der Waals surface area (Å²) in [7, 11) is 1.55. The second-order valence-corrected chi connectivity index (χ2v) is 9.09. The summed E-state index contributed by atoms with van der Waals surface area (Å²) in [4.78, 5) is 25.2. The highest BCUT2D eigenvalue weighted by atomic mass is 35.5. The van der Waals surface area contributed by atoms with E-state index in [1.807, 2.05) is 19.9 Å². The molecular weight excluding hydrogens is 501 g/mol. The normalized spacial score (nSPS) is 11.8. The van der Waals surface area contributed by atoms with Crippen LogP contribution in [0.25, 0.3) is 0 Å². The number of benzene rings is 3. The van der Waals surface area contributed by atoms with Gasteiger partial charge < -0.3 is 14.8 Å². The molecule has 0 heterocycles. The number of hydrogen-bond acceptors (Lipinski definition) is 5. The Hall–Kier alpha value is -3.55. The molecular formula is C27H27Cl2N3O4. The number of methoxy groups -OCH3 is 1. The van der Waals surface area contributed by atoms with Gasteiger partial charge >= 0.3 is 0 Å². The van der Waals surface area contributed by atoms with Gasteiger partial charge in [0, 0.05) is 21.2 Å². The fraction of sp³-hybridized carbons (Fsp3) is 0.222. The molecule has 3 aromatic rings. The van der Waals surface area contributed by atoms with E-state index in [0.717, 1.165) is 11.1 Å². The number of carbonyl (C=O) groups excluding carboxylic acids is 2. The van der Waals surface area contributed by atoms with Crippen molar-refractivity contribution in [3.8, 4) is 11.5 Å². The number of hydrogen-bond donors (Lipinski definition) is 2. The van der Waals surface area contributed by atoms with Gasteiger partial charge in [-0.25, -0.2) is 5.43 Å². The third kappa shape index (κ3) is 7.73. The minimum Gasteiger partial charge on any atom is -0.497 e. The van der Waals surface area contributed by atoms with Crippen LogP contribution >= 0.6 is 23.2 Å². The summed E-state index contributed by atoms with van der Waals surface area (Å²) in [5.74, 6) is 0.384. The third-order valence-corrected chi connectivity index (χ3v) is 5.85. The molecule has 0 aliphatic heterocycles. The van der Waals surface area contributed by atoms with Crippen molar-refractivity contribution in [1.82, 2.24) is 10.7 Å². The zero-order chi connectivity index (χ0) is 26.1. The van der Waals surface area contributed by atoms with Crippen LogP contribution in [-0.2, 0) is 11.4 Å². The lowest BCUT2D eigenvalue weighted by Gasteiger charge is -2.20. The predicted octanol–water partition coefficient (Wildman–Crippen LogP) is 5.49. The standard InChI is InChI=1S/C27H27Cl2N3O4/c1-17(2)25(31-26(33)19-7-12-22(35-3)13-8-19)27(34)32-30-15-18-4-10-23(11-5-18)36-16-20-6-9-21(28)14-24(20)29/h4-15,17,25H,16H2,1-3H3,(H,31,33)(H,32,34). The molecule has 0 radical (unpaired) electrons. The van der Waals surface area contributed by atoms with E-state index < -0.39 is 11.9 Å². The Morgan fingerprint density at radius 2 is 1.64 bits per heavy atom. The Balaban J connectivity index is 1.53. The van der Waals surface area contributed by atoms with Crippen molar-refractivity contribution in [1.29, 1.82) is 0 Å².